The lowest BCUT2D eigenvalue weighted by Crippen LogP contribution is -2.20. The Hall–Kier alpha value is -4.80. The van der Waals surface area contributed by atoms with Crippen LogP contribution in [-0.4, -0.2) is 29.8 Å². The van der Waals surface area contributed by atoms with Crippen molar-refractivity contribution in [2.75, 3.05) is 13.9 Å². The molecule has 4 aromatic carbocycles. The smallest absolute Gasteiger partial charge is 0.282 e. The summed E-state index contributed by atoms with van der Waals surface area (Å²) in [6.07, 6.45) is 1.50. The van der Waals surface area contributed by atoms with Gasteiger partial charge in [-0.3, -0.25) is 4.79 Å². The molecule has 0 amide bonds. The van der Waals surface area contributed by atoms with Crippen LogP contribution >= 0.6 is 27.5 Å². The molecule has 9 nitrogen and oxygen atoms in total. The van der Waals surface area contributed by atoms with Crippen molar-refractivity contribution in [1.82, 2.24) is 9.66 Å². The fraction of sp³-hybridized carbons (Fsp3) is 0.0938. The number of furan rings is 1. The number of aromatic nitrogens is 2. The largest absolute Gasteiger partial charge is 0.493 e. The quantitative estimate of drug-likeness (QED) is 0.165. The lowest BCUT2D eigenvalue weighted by atomic mass is 10.2. The molecule has 0 bridgehead atoms. The Morgan fingerprint density at radius 3 is 2.72 bits per heavy atom. The van der Waals surface area contributed by atoms with Crippen LogP contribution in [0, 0.1) is 0 Å². The number of benzene rings is 4. The molecule has 0 N–H and O–H groups in total. The van der Waals surface area contributed by atoms with Crippen molar-refractivity contribution in [2.24, 2.45) is 5.10 Å². The topological polar surface area (TPSA) is 97.3 Å². The first-order valence-corrected chi connectivity index (χ1v) is 14.3. The molecule has 11 heteroatoms. The lowest BCUT2D eigenvalue weighted by molar-refractivity contribution is 0.174. The second kappa shape index (κ2) is 11.1. The van der Waals surface area contributed by atoms with E-state index in [-0.39, 0.29) is 29.8 Å². The van der Waals surface area contributed by atoms with E-state index in [1.54, 1.807) is 24.3 Å². The maximum absolute atomic E-state index is 13.6. The van der Waals surface area contributed by atoms with Crippen molar-refractivity contribution in [3.05, 3.63) is 110 Å². The van der Waals surface area contributed by atoms with Crippen LogP contribution in [0.4, 0.5) is 0 Å². The summed E-state index contributed by atoms with van der Waals surface area (Å²) in [6.45, 7) is 0.405. The Morgan fingerprint density at radius 2 is 1.86 bits per heavy atom. The minimum atomic E-state index is -0.352. The molecule has 0 unspecified atom stereocenters. The van der Waals surface area contributed by atoms with Gasteiger partial charge in [0.1, 0.15) is 17.2 Å². The van der Waals surface area contributed by atoms with E-state index in [2.05, 4.69) is 21.0 Å². The lowest BCUT2D eigenvalue weighted by Gasteiger charge is -2.15. The van der Waals surface area contributed by atoms with Gasteiger partial charge in [-0.1, -0.05) is 48.0 Å². The SMILES string of the molecule is COc1cc(C=Nn2c(-c3cc4ccccc4o3)nc3ccccc3c2=O)c(Br)c(Cl)c1OCc1ccc2c(c1)OCO2. The van der Waals surface area contributed by atoms with Crippen LogP contribution in [0.5, 0.6) is 23.0 Å². The van der Waals surface area contributed by atoms with Gasteiger partial charge < -0.3 is 23.4 Å². The zero-order valence-electron chi connectivity index (χ0n) is 22.5. The Bertz CT molecular complexity index is 2090. The third-order valence-corrected chi connectivity index (χ3v) is 8.35. The molecule has 214 valence electrons. The first-order chi connectivity index (χ1) is 21.0. The highest BCUT2D eigenvalue weighted by atomic mass is 79.9. The molecule has 2 aromatic heterocycles. The standard InChI is InChI=1S/C32H21BrClN3O6/c1-39-26-14-20(28(33)29(34)30(26)40-16-18-10-11-24-25(12-18)42-17-41-24)15-35-37-31(27-13-19-6-2-5-9-23(19)43-27)36-22-8-4-3-7-21(22)32(37)38/h2-15H,16-17H2,1H3. The average Bonchev–Trinajstić information content (AvgIpc) is 3.68. The number of halogens is 2. The molecule has 1 aliphatic rings. The van der Waals surface area contributed by atoms with Crippen LogP contribution in [0.3, 0.4) is 0 Å². The van der Waals surface area contributed by atoms with Crippen LogP contribution in [0.25, 0.3) is 33.5 Å². The molecular weight excluding hydrogens is 638 g/mol. The number of ether oxygens (including phenoxy) is 4. The molecule has 3 heterocycles. The Morgan fingerprint density at radius 1 is 1.05 bits per heavy atom. The van der Waals surface area contributed by atoms with E-state index in [1.807, 2.05) is 54.6 Å². The van der Waals surface area contributed by atoms with Gasteiger partial charge in [0.25, 0.3) is 5.56 Å². The van der Waals surface area contributed by atoms with Crippen LogP contribution < -0.4 is 24.5 Å². The first kappa shape index (κ1) is 27.1. The molecule has 7 rings (SSSR count). The van der Waals surface area contributed by atoms with E-state index in [1.165, 1.54) is 18.0 Å². The van der Waals surface area contributed by atoms with Crippen molar-refractivity contribution < 1.29 is 23.4 Å². The number of rotatable bonds is 7. The highest BCUT2D eigenvalue weighted by Crippen LogP contribution is 2.43. The normalized spacial score (nSPS) is 12.4. The van der Waals surface area contributed by atoms with E-state index in [0.29, 0.717) is 55.3 Å². The third kappa shape index (κ3) is 4.98. The second-order valence-electron chi connectivity index (χ2n) is 9.56. The van der Waals surface area contributed by atoms with Crippen molar-refractivity contribution in [3.63, 3.8) is 0 Å². The van der Waals surface area contributed by atoms with Crippen molar-refractivity contribution in [3.8, 4) is 34.6 Å². The van der Waals surface area contributed by atoms with Crippen molar-refractivity contribution in [2.45, 2.75) is 6.61 Å². The number of methoxy groups -OCH3 is 1. The molecule has 0 fully saturated rings. The monoisotopic (exact) mass is 657 g/mol. The number of hydrogen-bond donors (Lipinski definition) is 0. The van der Waals surface area contributed by atoms with Gasteiger partial charge >= 0.3 is 0 Å². The maximum atomic E-state index is 13.6. The van der Waals surface area contributed by atoms with Gasteiger partial charge in [-0.05, 0) is 64.0 Å². The summed E-state index contributed by atoms with van der Waals surface area (Å²) < 4.78 is 30.3. The summed E-state index contributed by atoms with van der Waals surface area (Å²) in [5, 5.41) is 6.13. The van der Waals surface area contributed by atoms with Gasteiger partial charge in [0.2, 0.25) is 12.6 Å². The highest BCUT2D eigenvalue weighted by molar-refractivity contribution is 9.10. The van der Waals surface area contributed by atoms with Crippen LogP contribution in [-0.2, 0) is 6.61 Å². The van der Waals surface area contributed by atoms with Crippen molar-refractivity contribution >= 4 is 55.6 Å². The zero-order valence-corrected chi connectivity index (χ0v) is 24.9. The Kier molecular flexibility index (Phi) is 7.00. The van der Waals surface area contributed by atoms with Gasteiger partial charge in [-0.25, -0.2) is 4.98 Å². The summed E-state index contributed by atoms with van der Waals surface area (Å²) in [5.74, 6) is 2.75. The average molecular weight is 659 g/mol. The number of nitrogens with zero attached hydrogens (tertiary/aromatic N) is 3. The van der Waals surface area contributed by atoms with E-state index in [4.69, 9.17) is 39.9 Å². The second-order valence-corrected chi connectivity index (χ2v) is 10.7. The molecular formula is C32H21BrClN3O6. The fourth-order valence-electron chi connectivity index (χ4n) is 4.77. The minimum Gasteiger partial charge on any atom is -0.493 e. The molecule has 0 saturated carbocycles. The van der Waals surface area contributed by atoms with Gasteiger partial charge in [0.05, 0.1) is 24.2 Å². The molecule has 0 spiro atoms. The van der Waals surface area contributed by atoms with Crippen molar-refractivity contribution in [1.29, 1.82) is 0 Å². The number of para-hydroxylation sites is 2. The molecule has 0 saturated heterocycles. The summed E-state index contributed by atoms with van der Waals surface area (Å²) in [5.41, 5.74) is 2.27. The summed E-state index contributed by atoms with van der Waals surface area (Å²) in [6, 6.07) is 23.8. The molecule has 0 aliphatic carbocycles. The molecule has 6 aromatic rings. The highest BCUT2D eigenvalue weighted by Gasteiger charge is 2.20. The maximum Gasteiger partial charge on any atom is 0.282 e. The predicted octanol–water partition coefficient (Wildman–Crippen LogP) is 7.42. The van der Waals surface area contributed by atoms with Gasteiger partial charge in [0, 0.05) is 15.4 Å². The Balaban J connectivity index is 1.26. The van der Waals surface area contributed by atoms with Crippen LogP contribution in [0.2, 0.25) is 5.02 Å². The van der Waals surface area contributed by atoms with Gasteiger partial charge in [0.15, 0.2) is 28.8 Å². The zero-order chi connectivity index (χ0) is 29.5. The molecule has 43 heavy (non-hydrogen) atoms. The number of hydrogen-bond acceptors (Lipinski definition) is 8. The molecule has 0 atom stereocenters. The van der Waals surface area contributed by atoms with E-state index in [9.17, 15) is 4.79 Å². The van der Waals surface area contributed by atoms with Gasteiger partial charge in [-0.2, -0.15) is 9.78 Å². The number of fused-ring (bicyclic) bond motifs is 3. The van der Waals surface area contributed by atoms with E-state index in [0.717, 1.165) is 10.9 Å². The fourth-order valence-corrected chi connectivity index (χ4v) is 5.43. The van der Waals surface area contributed by atoms with E-state index >= 15 is 0 Å². The molecule has 0 radical (unpaired) electrons. The first-order valence-electron chi connectivity index (χ1n) is 13.1. The summed E-state index contributed by atoms with van der Waals surface area (Å²) >= 11 is 10.3. The third-order valence-electron chi connectivity index (χ3n) is 6.91. The van der Waals surface area contributed by atoms with Gasteiger partial charge in [-0.15, -0.1) is 0 Å². The van der Waals surface area contributed by atoms with E-state index < -0.39 is 0 Å². The summed E-state index contributed by atoms with van der Waals surface area (Å²) in [4.78, 5) is 18.4. The Labute approximate surface area is 258 Å². The molecule has 1 aliphatic heterocycles. The van der Waals surface area contributed by atoms with Crippen LogP contribution in [0.15, 0.2) is 97.6 Å². The summed E-state index contributed by atoms with van der Waals surface area (Å²) in [7, 11) is 1.52. The minimum absolute atomic E-state index is 0.191. The van der Waals surface area contributed by atoms with Crippen LogP contribution in [0.1, 0.15) is 11.1 Å². The predicted molar refractivity (Wildman–Crippen MR) is 167 cm³/mol.